The molecule has 37 heavy (non-hydrogen) atoms. The number of benzene rings is 3. The van der Waals surface area contributed by atoms with E-state index in [4.69, 9.17) is 0 Å². The number of anilines is 1. The molecule has 0 spiro atoms. The molecule has 6 rings (SSSR count). The molecule has 0 unspecified atom stereocenters. The quantitative estimate of drug-likeness (QED) is 0.356. The number of imide groups is 1. The zero-order chi connectivity index (χ0) is 25.4. The minimum atomic E-state index is -0.381. The average molecular weight is 488 g/mol. The second kappa shape index (κ2) is 9.16. The third kappa shape index (κ3) is 4.25. The van der Waals surface area contributed by atoms with Gasteiger partial charge in [0.1, 0.15) is 0 Å². The maximum absolute atomic E-state index is 13.0. The van der Waals surface area contributed by atoms with Crippen molar-refractivity contribution in [1.29, 1.82) is 0 Å². The van der Waals surface area contributed by atoms with Crippen molar-refractivity contribution in [3.8, 4) is 11.3 Å². The summed E-state index contributed by atoms with van der Waals surface area (Å²) >= 11 is 0. The van der Waals surface area contributed by atoms with Crippen LogP contribution in [0.25, 0.3) is 17.0 Å². The first-order valence-electron chi connectivity index (χ1n) is 11.8. The molecule has 5 aromatic rings. The van der Waals surface area contributed by atoms with E-state index >= 15 is 0 Å². The number of nitrogens with one attached hydrogen (secondary N) is 1. The van der Waals surface area contributed by atoms with E-state index in [1.165, 1.54) is 11.0 Å². The van der Waals surface area contributed by atoms with Crippen molar-refractivity contribution < 1.29 is 14.4 Å². The molecule has 1 aliphatic rings. The fourth-order valence-electron chi connectivity index (χ4n) is 4.45. The van der Waals surface area contributed by atoms with E-state index in [-0.39, 0.29) is 29.8 Å². The number of nitrogens with zero attached hydrogens (tertiary/aromatic N) is 4. The largest absolute Gasteiger partial charge is 0.322 e. The SMILES string of the molecule is O=C(Nc1cccc(-c2cn3cccnc3n2)c1)c1ccc2c(c1)C(=O)N(CCc1ccccc1)C2=O. The van der Waals surface area contributed by atoms with Crippen LogP contribution in [0.3, 0.4) is 0 Å². The lowest BCUT2D eigenvalue weighted by molar-refractivity contribution is 0.0656. The Morgan fingerprint density at radius 3 is 2.54 bits per heavy atom. The van der Waals surface area contributed by atoms with Gasteiger partial charge in [0.25, 0.3) is 17.7 Å². The van der Waals surface area contributed by atoms with Crippen molar-refractivity contribution in [1.82, 2.24) is 19.3 Å². The lowest BCUT2D eigenvalue weighted by Crippen LogP contribution is -2.31. The Balaban J connectivity index is 1.19. The summed E-state index contributed by atoms with van der Waals surface area (Å²) in [4.78, 5) is 48.9. The number of hydrogen-bond acceptors (Lipinski definition) is 5. The van der Waals surface area contributed by atoms with Crippen LogP contribution < -0.4 is 5.32 Å². The highest BCUT2D eigenvalue weighted by Gasteiger charge is 2.35. The Morgan fingerprint density at radius 2 is 1.70 bits per heavy atom. The summed E-state index contributed by atoms with van der Waals surface area (Å²) in [6.45, 7) is 0.281. The second-order valence-electron chi connectivity index (χ2n) is 8.75. The van der Waals surface area contributed by atoms with Crippen LogP contribution in [0, 0.1) is 0 Å². The highest BCUT2D eigenvalue weighted by molar-refractivity contribution is 6.22. The minimum Gasteiger partial charge on any atom is -0.322 e. The Hall–Kier alpha value is -5.11. The highest BCUT2D eigenvalue weighted by atomic mass is 16.2. The number of imidazole rings is 1. The standard InChI is InChI=1S/C29H21N5O3/c35-26(31-22-9-4-8-20(16-22)25-18-33-14-5-13-30-29(33)32-25)21-10-11-23-24(17-21)28(37)34(27(23)36)15-12-19-6-2-1-3-7-19/h1-11,13-14,16-18H,12,15H2,(H,31,35). The van der Waals surface area contributed by atoms with Gasteiger partial charge in [-0.25, -0.2) is 9.97 Å². The summed E-state index contributed by atoms with van der Waals surface area (Å²) in [7, 11) is 0. The van der Waals surface area contributed by atoms with Gasteiger partial charge in [-0.3, -0.25) is 23.7 Å². The van der Waals surface area contributed by atoms with Crippen LogP contribution in [0.15, 0.2) is 97.5 Å². The molecule has 3 aromatic carbocycles. The number of amides is 3. The van der Waals surface area contributed by atoms with Crippen LogP contribution in [-0.4, -0.2) is 43.5 Å². The van der Waals surface area contributed by atoms with E-state index in [2.05, 4.69) is 15.3 Å². The number of aromatic nitrogens is 3. The fourth-order valence-corrected chi connectivity index (χ4v) is 4.45. The molecule has 1 aliphatic heterocycles. The number of hydrogen-bond donors (Lipinski definition) is 1. The third-order valence-electron chi connectivity index (χ3n) is 6.35. The molecular formula is C29H21N5O3. The monoisotopic (exact) mass is 487 g/mol. The molecule has 1 N–H and O–H groups in total. The van der Waals surface area contributed by atoms with Gasteiger partial charge in [0.2, 0.25) is 5.78 Å². The smallest absolute Gasteiger partial charge is 0.261 e. The molecule has 0 saturated carbocycles. The minimum absolute atomic E-state index is 0.247. The molecule has 3 heterocycles. The molecule has 0 bridgehead atoms. The summed E-state index contributed by atoms with van der Waals surface area (Å²) in [5.74, 6) is -0.507. The molecule has 0 saturated heterocycles. The topological polar surface area (TPSA) is 96.7 Å². The van der Waals surface area contributed by atoms with Gasteiger partial charge in [-0.2, -0.15) is 0 Å². The van der Waals surface area contributed by atoms with Crippen LogP contribution in [-0.2, 0) is 6.42 Å². The third-order valence-corrected chi connectivity index (χ3v) is 6.35. The van der Waals surface area contributed by atoms with E-state index in [0.29, 0.717) is 29.0 Å². The number of fused-ring (bicyclic) bond motifs is 2. The van der Waals surface area contributed by atoms with Gasteiger partial charge in [-0.15, -0.1) is 0 Å². The molecule has 3 amide bonds. The van der Waals surface area contributed by atoms with E-state index in [1.54, 1.807) is 24.4 Å². The van der Waals surface area contributed by atoms with Crippen LogP contribution in [0.4, 0.5) is 5.69 Å². The van der Waals surface area contributed by atoms with Crippen molar-refractivity contribution in [2.24, 2.45) is 0 Å². The van der Waals surface area contributed by atoms with E-state index in [0.717, 1.165) is 16.8 Å². The molecule has 0 atom stereocenters. The average Bonchev–Trinajstić information content (AvgIpc) is 3.47. The molecular weight excluding hydrogens is 466 g/mol. The van der Waals surface area contributed by atoms with Crippen molar-refractivity contribution in [3.05, 3.63) is 120 Å². The van der Waals surface area contributed by atoms with Gasteiger partial charge in [-0.05, 0) is 48.4 Å². The fraction of sp³-hybridized carbons (Fsp3) is 0.0690. The summed E-state index contributed by atoms with van der Waals surface area (Å²) in [6, 6.07) is 23.5. The predicted octanol–water partition coefficient (Wildman–Crippen LogP) is 4.49. The number of carbonyl (C=O) groups is 3. The zero-order valence-electron chi connectivity index (χ0n) is 19.7. The summed E-state index contributed by atoms with van der Waals surface area (Å²) in [6.07, 6.45) is 5.99. The molecule has 0 aliphatic carbocycles. The Labute approximate surface area is 212 Å². The van der Waals surface area contributed by atoms with Crippen molar-refractivity contribution in [2.75, 3.05) is 11.9 Å². The maximum Gasteiger partial charge on any atom is 0.261 e. The first-order valence-corrected chi connectivity index (χ1v) is 11.8. The zero-order valence-corrected chi connectivity index (χ0v) is 19.7. The molecule has 0 radical (unpaired) electrons. The lowest BCUT2D eigenvalue weighted by Gasteiger charge is -2.13. The van der Waals surface area contributed by atoms with Gasteiger partial charge >= 0.3 is 0 Å². The Kier molecular flexibility index (Phi) is 5.54. The normalized spacial score (nSPS) is 12.7. The number of carbonyl (C=O) groups excluding carboxylic acids is 3. The summed E-state index contributed by atoms with van der Waals surface area (Å²) in [5.41, 5.74) is 4.04. The van der Waals surface area contributed by atoms with Crippen molar-refractivity contribution in [2.45, 2.75) is 6.42 Å². The highest BCUT2D eigenvalue weighted by Crippen LogP contribution is 2.26. The van der Waals surface area contributed by atoms with Crippen LogP contribution in [0.2, 0.25) is 0 Å². The van der Waals surface area contributed by atoms with Gasteiger partial charge in [0.15, 0.2) is 0 Å². The Morgan fingerprint density at radius 1 is 0.865 bits per heavy atom. The van der Waals surface area contributed by atoms with Crippen LogP contribution in [0.1, 0.15) is 36.6 Å². The van der Waals surface area contributed by atoms with Crippen molar-refractivity contribution >= 4 is 29.2 Å². The van der Waals surface area contributed by atoms with E-state index in [1.807, 2.05) is 71.4 Å². The molecule has 8 nitrogen and oxygen atoms in total. The molecule has 0 fully saturated rings. The van der Waals surface area contributed by atoms with Crippen LogP contribution in [0.5, 0.6) is 0 Å². The summed E-state index contributed by atoms with van der Waals surface area (Å²) < 4.78 is 1.83. The van der Waals surface area contributed by atoms with E-state index < -0.39 is 0 Å². The molecule has 2 aromatic heterocycles. The van der Waals surface area contributed by atoms with Gasteiger partial charge in [0, 0.05) is 41.9 Å². The first-order chi connectivity index (χ1) is 18.1. The van der Waals surface area contributed by atoms with Crippen LogP contribution >= 0.6 is 0 Å². The van der Waals surface area contributed by atoms with E-state index in [9.17, 15) is 14.4 Å². The molecule has 180 valence electrons. The second-order valence-corrected chi connectivity index (χ2v) is 8.75. The first kappa shape index (κ1) is 22.4. The Bertz CT molecular complexity index is 1640. The van der Waals surface area contributed by atoms with Gasteiger partial charge in [-0.1, -0.05) is 42.5 Å². The number of rotatable bonds is 6. The predicted molar refractivity (Wildman–Crippen MR) is 138 cm³/mol. The molecule has 8 heteroatoms. The lowest BCUT2D eigenvalue weighted by atomic mass is 10.0. The van der Waals surface area contributed by atoms with Gasteiger partial charge in [0.05, 0.1) is 16.8 Å². The van der Waals surface area contributed by atoms with Crippen molar-refractivity contribution in [3.63, 3.8) is 0 Å². The maximum atomic E-state index is 13.0. The van der Waals surface area contributed by atoms with Gasteiger partial charge < -0.3 is 5.32 Å². The summed E-state index contributed by atoms with van der Waals surface area (Å²) in [5, 5.41) is 2.88.